The van der Waals surface area contributed by atoms with E-state index in [0.717, 1.165) is 0 Å². The molecule has 0 unspecified atom stereocenters. The Bertz CT molecular complexity index is 331. The normalized spacial score (nSPS) is 17.9. The van der Waals surface area contributed by atoms with Crippen molar-refractivity contribution in [3.8, 4) is 0 Å². The van der Waals surface area contributed by atoms with E-state index in [1.54, 1.807) is 4.90 Å². The van der Waals surface area contributed by atoms with Gasteiger partial charge in [-0.15, -0.1) is 0 Å². The molecular weight excluding hydrogens is 212 g/mol. The zero-order valence-electron chi connectivity index (χ0n) is 10.8. The highest BCUT2D eigenvalue weighted by Crippen LogP contribution is 2.29. The van der Waals surface area contributed by atoms with Gasteiger partial charge < -0.3 is 0 Å². The molecule has 0 N–H and O–H groups in total. The molecule has 0 aliphatic carbocycles. The molecule has 1 aromatic carbocycles. The molecule has 1 heterocycles. The van der Waals surface area contributed by atoms with Gasteiger partial charge in [-0.05, 0) is 42.4 Å². The Kier molecular flexibility index (Phi) is 3.63. The number of rotatable bonds is 3. The van der Waals surface area contributed by atoms with Gasteiger partial charge in [-0.1, -0.05) is 32.9 Å². The maximum atomic E-state index is 2.38. The van der Waals surface area contributed by atoms with Crippen LogP contribution in [0.5, 0.6) is 0 Å². The van der Waals surface area contributed by atoms with Crippen LogP contribution < -0.4 is 0 Å². The summed E-state index contributed by atoms with van der Waals surface area (Å²) in [4.78, 5) is 1.59. The summed E-state index contributed by atoms with van der Waals surface area (Å²) in [7, 11) is 0.572. The summed E-state index contributed by atoms with van der Waals surface area (Å²) in [6.07, 6.45) is 4.08. The van der Waals surface area contributed by atoms with Crippen molar-refractivity contribution in [3.63, 3.8) is 0 Å². The molecule has 1 aliphatic rings. The van der Waals surface area contributed by atoms with Crippen LogP contribution in [-0.4, -0.2) is 11.5 Å². The highest BCUT2D eigenvalue weighted by atomic mass is 32.2. The average Bonchev–Trinajstić information content (AvgIpc) is 2.83. The minimum absolute atomic E-state index is 0.331. The molecule has 0 amide bonds. The Balaban J connectivity index is 2.15. The van der Waals surface area contributed by atoms with Gasteiger partial charge in [0.1, 0.15) is 11.5 Å². The van der Waals surface area contributed by atoms with Crippen LogP contribution in [0.25, 0.3) is 0 Å². The van der Waals surface area contributed by atoms with Gasteiger partial charge in [0.05, 0.1) is 0 Å². The van der Waals surface area contributed by atoms with Gasteiger partial charge in [0.25, 0.3) is 0 Å². The van der Waals surface area contributed by atoms with Gasteiger partial charge in [-0.2, -0.15) is 0 Å². The summed E-state index contributed by atoms with van der Waals surface area (Å²) in [5, 5.41) is 0. The Labute approximate surface area is 103 Å². The third kappa shape index (κ3) is 2.45. The van der Waals surface area contributed by atoms with Crippen molar-refractivity contribution in [2.75, 3.05) is 11.5 Å². The largest absolute Gasteiger partial charge is 0.154 e. The van der Waals surface area contributed by atoms with Gasteiger partial charge in [-0.3, -0.25) is 0 Å². The van der Waals surface area contributed by atoms with Crippen molar-refractivity contribution in [1.29, 1.82) is 0 Å². The molecule has 16 heavy (non-hydrogen) atoms. The fourth-order valence-corrected chi connectivity index (χ4v) is 4.49. The molecule has 2 rings (SSSR count). The van der Waals surface area contributed by atoms with Crippen molar-refractivity contribution in [2.45, 2.75) is 50.3 Å². The van der Waals surface area contributed by atoms with Gasteiger partial charge in [-0.25, -0.2) is 0 Å². The Morgan fingerprint density at radius 2 is 1.62 bits per heavy atom. The van der Waals surface area contributed by atoms with Gasteiger partial charge in [0, 0.05) is 10.9 Å². The fraction of sp³-hybridized carbons (Fsp3) is 0.600. The van der Waals surface area contributed by atoms with Crippen LogP contribution in [0.4, 0.5) is 0 Å². The molecule has 1 aliphatic heterocycles. The first-order valence-electron chi connectivity index (χ1n) is 6.41. The van der Waals surface area contributed by atoms with E-state index < -0.39 is 0 Å². The highest BCUT2D eigenvalue weighted by Gasteiger charge is 2.27. The SMILES string of the molecule is CCC(C)(C)c1ccc([S+]2CCCC2)cc1. The van der Waals surface area contributed by atoms with Crippen LogP contribution in [0.1, 0.15) is 45.6 Å². The van der Waals surface area contributed by atoms with Crippen molar-refractivity contribution < 1.29 is 0 Å². The Morgan fingerprint density at radius 3 is 2.12 bits per heavy atom. The van der Waals surface area contributed by atoms with Crippen LogP contribution in [0.15, 0.2) is 29.2 Å². The fourth-order valence-electron chi connectivity index (χ4n) is 2.19. The lowest BCUT2D eigenvalue weighted by Gasteiger charge is -2.23. The standard InChI is InChI=1S/C15H23S/c1-4-15(2,3)13-7-9-14(10-8-13)16-11-5-6-12-16/h7-10H,4-6,11-12H2,1-3H3/q+1. The topological polar surface area (TPSA) is 0 Å². The molecule has 0 nitrogen and oxygen atoms in total. The maximum Gasteiger partial charge on any atom is 0.154 e. The monoisotopic (exact) mass is 235 g/mol. The molecule has 0 atom stereocenters. The summed E-state index contributed by atoms with van der Waals surface area (Å²) in [5.41, 5.74) is 1.82. The van der Waals surface area contributed by atoms with Gasteiger partial charge in [0.2, 0.25) is 0 Å². The molecule has 1 fully saturated rings. The molecule has 0 spiro atoms. The number of hydrogen-bond acceptors (Lipinski definition) is 0. The summed E-state index contributed by atoms with van der Waals surface area (Å²) < 4.78 is 0. The van der Waals surface area contributed by atoms with Crippen molar-refractivity contribution in [2.24, 2.45) is 0 Å². The van der Waals surface area contributed by atoms with Gasteiger partial charge in [0.15, 0.2) is 4.90 Å². The van der Waals surface area contributed by atoms with Crippen molar-refractivity contribution in [3.05, 3.63) is 29.8 Å². The molecule has 1 aromatic rings. The van der Waals surface area contributed by atoms with E-state index in [0.29, 0.717) is 16.3 Å². The number of hydrogen-bond donors (Lipinski definition) is 0. The third-order valence-electron chi connectivity index (χ3n) is 3.88. The molecule has 88 valence electrons. The second-order valence-corrected chi connectivity index (χ2v) is 7.64. The van der Waals surface area contributed by atoms with Crippen LogP contribution >= 0.6 is 0 Å². The summed E-state index contributed by atoms with van der Waals surface area (Å²) in [6, 6.07) is 9.46. The van der Waals surface area contributed by atoms with Crippen LogP contribution in [0.3, 0.4) is 0 Å². The quantitative estimate of drug-likeness (QED) is 0.691. The third-order valence-corrected chi connectivity index (χ3v) is 6.39. The van der Waals surface area contributed by atoms with Gasteiger partial charge >= 0.3 is 0 Å². The van der Waals surface area contributed by atoms with E-state index in [1.165, 1.54) is 36.3 Å². The van der Waals surface area contributed by atoms with E-state index in [4.69, 9.17) is 0 Å². The zero-order chi connectivity index (χ0) is 11.6. The van der Waals surface area contributed by atoms with E-state index in [2.05, 4.69) is 45.0 Å². The minimum Gasteiger partial charge on any atom is -0.0646 e. The first-order chi connectivity index (χ1) is 7.63. The Hall–Kier alpha value is -0.430. The smallest absolute Gasteiger partial charge is 0.0646 e. The van der Waals surface area contributed by atoms with E-state index in [9.17, 15) is 0 Å². The second-order valence-electron chi connectivity index (χ2n) is 5.37. The summed E-state index contributed by atoms with van der Waals surface area (Å²) in [6.45, 7) is 6.94. The molecule has 1 saturated heterocycles. The summed E-state index contributed by atoms with van der Waals surface area (Å²) >= 11 is 0. The Morgan fingerprint density at radius 1 is 1.06 bits per heavy atom. The maximum absolute atomic E-state index is 2.38. The molecule has 0 saturated carbocycles. The highest BCUT2D eigenvalue weighted by molar-refractivity contribution is 7.97. The van der Waals surface area contributed by atoms with E-state index >= 15 is 0 Å². The molecule has 0 aromatic heterocycles. The van der Waals surface area contributed by atoms with E-state index in [1.807, 2.05) is 0 Å². The predicted octanol–water partition coefficient (Wildman–Crippen LogP) is 4.15. The number of benzene rings is 1. The van der Waals surface area contributed by atoms with Crippen LogP contribution in [-0.2, 0) is 16.3 Å². The second kappa shape index (κ2) is 4.83. The lowest BCUT2D eigenvalue weighted by molar-refractivity contribution is 0.506. The molecule has 1 heteroatoms. The lowest BCUT2D eigenvalue weighted by atomic mass is 9.82. The van der Waals surface area contributed by atoms with E-state index in [-0.39, 0.29) is 0 Å². The minimum atomic E-state index is 0.331. The van der Waals surface area contributed by atoms with Crippen molar-refractivity contribution in [1.82, 2.24) is 0 Å². The molecule has 0 radical (unpaired) electrons. The first-order valence-corrected chi connectivity index (χ1v) is 7.98. The average molecular weight is 235 g/mol. The molecular formula is C15H23S+. The van der Waals surface area contributed by atoms with Crippen molar-refractivity contribution >= 4 is 10.9 Å². The van der Waals surface area contributed by atoms with Crippen LogP contribution in [0, 0.1) is 0 Å². The first kappa shape index (κ1) is 12.0. The van der Waals surface area contributed by atoms with Crippen LogP contribution in [0.2, 0.25) is 0 Å². The predicted molar refractivity (Wildman–Crippen MR) is 74.4 cm³/mol. The summed E-state index contributed by atoms with van der Waals surface area (Å²) in [5.74, 6) is 2.85. The molecule has 0 bridgehead atoms. The zero-order valence-corrected chi connectivity index (χ0v) is 11.6. The lowest BCUT2D eigenvalue weighted by Crippen LogP contribution is -2.15.